The van der Waals surface area contributed by atoms with Gasteiger partial charge in [0.15, 0.2) is 0 Å². The molecular weight excluding hydrogens is 570 g/mol. The van der Waals surface area contributed by atoms with Crippen molar-refractivity contribution in [2.45, 2.75) is 62.0 Å². The maximum Gasteiger partial charge on any atom is 0.416 e. The number of halogens is 6. The Labute approximate surface area is 239 Å². The highest BCUT2D eigenvalue weighted by atomic mass is 19.4. The molecule has 2 aromatic carbocycles. The van der Waals surface area contributed by atoms with Gasteiger partial charge in [0.2, 0.25) is 0 Å². The molecule has 0 aliphatic carbocycles. The summed E-state index contributed by atoms with van der Waals surface area (Å²) in [6.45, 7) is -0.653. The molecule has 2 heterocycles. The first kappa shape index (κ1) is 31.8. The fraction of sp³-hybridized carbons (Fsp3) is 0.517. The van der Waals surface area contributed by atoms with Gasteiger partial charge in [-0.05, 0) is 48.6 Å². The molecule has 4 rings (SSSR count). The molecule has 0 radical (unpaired) electrons. The highest BCUT2D eigenvalue weighted by Crippen LogP contribution is 2.49. The van der Waals surface area contributed by atoms with Crippen LogP contribution in [0.2, 0.25) is 0 Å². The van der Waals surface area contributed by atoms with Gasteiger partial charge in [0.05, 0.1) is 35.5 Å². The third kappa shape index (κ3) is 6.73. The minimum atomic E-state index is -4.96. The number of benzene rings is 2. The van der Waals surface area contributed by atoms with Crippen LogP contribution in [0.4, 0.5) is 26.3 Å². The van der Waals surface area contributed by atoms with Gasteiger partial charge in [-0.15, -0.1) is 0 Å². The average molecular weight is 603 g/mol. The zero-order valence-electron chi connectivity index (χ0n) is 23.2. The number of esters is 1. The van der Waals surface area contributed by atoms with Crippen molar-refractivity contribution in [2.75, 3.05) is 27.8 Å². The molecule has 2 fully saturated rings. The van der Waals surface area contributed by atoms with Crippen LogP contribution in [0.25, 0.3) is 0 Å². The van der Waals surface area contributed by atoms with E-state index >= 15 is 0 Å². The van der Waals surface area contributed by atoms with Crippen LogP contribution >= 0.6 is 0 Å². The van der Waals surface area contributed by atoms with E-state index in [1.165, 1.54) is 21.2 Å². The molecule has 1 N–H and O–H groups in total. The predicted molar refractivity (Wildman–Crippen MR) is 138 cm³/mol. The molecule has 0 aromatic heterocycles. The lowest BCUT2D eigenvalue weighted by molar-refractivity contribution is -0.162. The van der Waals surface area contributed by atoms with E-state index in [0.717, 1.165) is 10.5 Å². The van der Waals surface area contributed by atoms with Gasteiger partial charge in [0, 0.05) is 33.2 Å². The molecular formula is C29H32F6N2O5. The molecule has 13 heteroatoms. The zero-order valence-corrected chi connectivity index (χ0v) is 23.2. The lowest BCUT2D eigenvalue weighted by Gasteiger charge is -2.42. The number of rotatable bonds is 8. The van der Waals surface area contributed by atoms with E-state index in [-0.39, 0.29) is 30.2 Å². The number of likely N-dealkylation sites (N-methyl/N-ethyl adjacent to an activating group) is 1. The summed E-state index contributed by atoms with van der Waals surface area (Å²) in [5.41, 5.74) is -3.06. The van der Waals surface area contributed by atoms with Crippen molar-refractivity contribution in [3.63, 3.8) is 0 Å². The SMILES string of the molecule is COC(COC(=O)C(=O)N(C)C)[C@@H]1C[C@]2(c3ccccc3)N[C@H]1CC[C@H]2OCc1cc(C(F)(F)F)cc(C(F)(F)F)c1. The first-order valence-electron chi connectivity index (χ1n) is 13.3. The number of ether oxygens (including phenoxy) is 3. The maximum atomic E-state index is 13.4. The third-order valence-electron chi connectivity index (χ3n) is 7.93. The Kier molecular flexibility index (Phi) is 9.24. The van der Waals surface area contributed by atoms with Crippen LogP contribution in [0.1, 0.15) is 41.5 Å². The molecule has 7 nitrogen and oxygen atoms in total. The topological polar surface area (TPSA) is 77.1 Å². The molecule has 2 saturated heterocycles. The van der Waals surface area contributed by atoms with Gasteiger partial charge in [0.25, 0.3) is 0 Å². The second-order valence-electron chi connectivity index (χ2n) is 10.8. The Balaban J connectivity index is 1.59. The van der Waals surface area contributed by atoms with Crippen LogP contribution in [-0.2, 0) is 48.3 Å². The zero-order chi connectivity index (χ0) is 30.9. The number of carbonyl (C=O) groups is 2. The number of nitrogens with one attached hydrogen (secondary N) is 1. The van der Waals surface area contributed by atoms with Crippen molar-refractivity contribution >= 4 is 11.9 Å². The fourth-order valence-corrected chi connectivity index (χ4v) is 5.91. The largest absolute Gasteiger partial charge is 0.456 e. The second-order valence-corrected chi connectivity index (χ2v) is 10.8. The lowest BCUT2D eigenvalue weighted by Crippen LogP contribution is -2.54. The first-order chi connectivity index (χ1) is 19.7. The highest BCUT2D eigenvalue weighted by molar-refractivity contribution is 6.32. The molecule has 0 spiro atoms. The van der Waals surface area contributed by atoms with Gasteiger partial charge in [0.1, 0.15) is 6.61 Å². The summed E-state index contributed by atoms with van der Waals surface area (Å²) in [6.07, 6.45) is -9.69. The summed E-state index contributed by atoms with van der Waals surface area (Å²) in [5.74, 6) is -2.05. The van der Waals surface area contributed by atoms with Crippen LogP contribution in [0.3, 0.4) is 0 Å². The monoisotopic (exact) mass is 602 g/mol. The van der Waals surface area contributed by atoms with E-state index in [1.807, 2.05) is 30.3 Å². The van der Waals surface area contributed by atoms with Gasteiger partial charge >= 0.3 is 24.2 Å². The average Bonchev–Trinajstić information content (AvgIpc) is 3.25. The maximum absolute atomic E-state index is 13.4. The molecule has 5 atom stereocenters. The van der Waals surface area contributed by atoms with Crippen LogP contribution in [0.15, 0.2) is 48.5 Å². The molecule has 2 bridgehead atoms. The van der Waals surface area contributed by atoms with Crippen molar-refractivity contribution < 1.29 is 50.1 Å². The number of hydrogen-bond donors (Lipinski definition) is 1. The van der Waals surface area contributed by atoms with E-state index in [0.29, 0.717) is 31.4 Å². The van der Waals surface area contributed by atoms with Crippen LogP contribution < -0.4 is 5.32 Å². The molecule has 1 amide bonds. The lowest BCUT2D eigenvalue weighted by atomic mass is 9.79. The van der Waals surface area contributed by atoms with Gasteiger partial charge < -0.3 is 24.4 Å². The van der Waals surface area contributed by atoms with E-state index < -0.39 is 59.7 Å². The number of hydrogen-bond acceptors (Lipinski definition) is 6. The van der Waals surface area contributed by atoms with Gasteiger partial charge in [-0.3, -0.25) is 4.79 Å². The summed E-state index contributed by atoms with van der Waals surface area (Å²) < 4.78 is 97.4. The van der Waals surface area contributed by atoms with Crippen molar-refractivity contribution in [3.8, 4) is 0 Å². The van der Waals surface area contributed by atoms with Gasteiger partial charge in [-0.2, -0.15) is 26.3 Å². The van der Waals surface area contributed by atoms with E-state index in [1.54, 1.807) is 0 Å². The number of methoxy groups -OCH3 is 1. The van der Waals surface area contributed by atoms with E-state index in [9.17, 15) is 35.9 Å². The predicted octanol–water partition coefficient (Wildman–Crippen LogP) is 4.92. The standard InChI is InChI=1S/C29H32F6N2O5/c1-37(2)25(38)26(39)42-16-23(40-3)21-14-27(18-7-5-4-6-8-18)24(10-9-22(21)36-27)41-15-17-11-19(28(30,31)32)13-20(12-17)29(33,34)35/h4-8,11-13,21-24,36H,9-10,14-16H2,1-3H3/t21-,22+,23?,24-,27-/m1/s1. The molecule has 2 aliphatic rings. The Bertz CT molecular complexity index is 1240. The van der Waals surface area contributed by atoms with Crippen molar-refractivity contribution in [2.24, 2.45) is 5.92 Å². The second kappa shape index (κ2) is 12.2. The minimum absolute atomic E-state index is 0.0904. The molecule has 0 saturated carbocycles. The third-order valence-corrected chi connectivity index (χ3v) is 7.93. The van der Waals surface area contributed by atoms with Crippen molar-refractivity contribution in [1.29, 1.82) is 0 Å². The fourth-order valence-electron chi connectivity index (χ4n) is 5.91. The van der Waals surface area contributed by atoms with Gasteiger partial charge in [-0.1, -0.05) is 30.3 Å². The Morgan fingerprint density at radius 2 is 1.62 bits per heavy atom. The van der Waals surface area contributed by atoms with Crippen molar-refractivity contribution in [3.05, 3.63) is 70.8 Å². The van der Waals surface area contributed by atoms with E-state index in [4.69, 9.17) is 14.2 Å². The smallest absolute Gasteiger partial charge is 0.416 e. The number of fused-ring (bicyclic) bond motifs is 2. The Hall–Kier alpha value is -3.16. The van der Waals surface area contributed by atoms with Crippen LogP contribution in [0, 0.1) is 5.92 Å². The summed E-state index contributed by atoms with van der Waals surface area (Å²) in [5, 5.41) is 3.59. The molecule has 2 aliphatic heterocycles. The van der Waals surface area contributed by atoms with Crippen LogP contribution in [0.5, 0.6) is 0 Å². The first-order valence-corrected chi connectivity index (χ1v) is 13.3. The molecule has 230 valence electrons. The number of carbonyl (C=O) groups excluding carboxylic acids is 2. The number of alkyl halides is 6. The summed E-state index contributed by atoms with van der Waals surface area (Å²) in [4.78, 5) is 25.2. The minimum Gasteiger partial charge on any atom is -0.456 e. The quantitative estimate of drug-likeness (QED) is 0.263. The van der Waals surface area contributed by atoms with Crippen molar-refractivity contribution in [1.82, 2.24) is 10.2 Å². The summed E-state index contributed by atoms with van der Waals surface area (Å²) in [7, 11) is 4.31. The molecule has 1 unspecified atom stereocenters. The van der Waals surface area contributed by atoms with Crippen LogP contribution in [-0.4, -0.2) is 62.8 Å². The number of nitrogens with zero attached hydrogens (tertiary/aromatic N) is 1. The summed E-state index contributed by atoms with van der Waals surface area (Å²) in [6, 6.07) is 10.5. The Morgan fingerprint density at radius 1 is 1.00 bits per heavy atom. The molecule has 2 aromatic rings. The normalized spacial score (nSPS) is 24.7. The van der Waals surface area contributed by atoms with E-state index in [2.05, 4.69) is 5.32 Å². The number of piperidine rings is 1. The highest BCUT2D eigenvalue weighted by Gasteiger charge is 2.56. The molecule has 42 heavy (non-hydrogen) atoms. The summed E-state index contributed by atoms with van der Waals surface area (Å²) >= 11 is 0. The Morgan fingerprint density at radius 3 is 2.17 bits per heavy atom. The van der Waals surface area contributed by atoms with Gasteiger partial charge in [-0.25, -0.2) is 4.79 Å². The number of amides is 1.